The number of thiophene rings is 1. The number of benzene rings is 1. The zero-order valence-corrected chi connectivity index (χ0v) is 18.2. The molecule has 0 fully saturated rings. The SMILES string of the molecule is COc1cccc(-c2nnc(SCc3coc(-c4cccs4)n3)n2Cc2ccco2)c1. The maximum atomic E-state index is 5.63. The first-order valence-electron chi connectivity index (χ1n) is 9.51. The lowest BCUT2D eigenvalue weighted by atomic mass is 10.2. The molecule has 0 N–H and O–H groups in total. The maximum absolute atomic E-state index is 5.63. The fourth-order valence-corrected chi connectivity index (χ4v) is 4.57. The number of thioether (sulfide) groups is 1. The number of oxazole rings is 1. The molecule has 0 saturated carbocycles. The molecule has 5 rings (SSSR count). The van der Waals surface area contributed by atoms with Crippen LogP contribution in [0.25, 0.3) is 22.2 Å². The van der Waals surface area contributed by atoms with Crippen LogP contribution < -0.4 is 4.74 Å². The zero-order chi connectivity index (χ0) is 21.0. The van der Waals surface area contributed by atoms with Crippen molar-refractivity contribution in [2.75, 3.05) is 7.11 Å². The van der Waals surface area contributed by atoms with Crippen molar-refractivity contribution in [3.05, 3.63) is 77.9 Å². The van der Waals surface area contributed by atoms with Crippen LogP contribution in [-0.4, -0.2) is 26.9 Å². The van der Waals surface area contributed by atoms with Gasteiger partial charge in [0, 0.05) is 11.3 Å². The third kappa shape index (κ3) is 4.28. The summed E-state index contributed by atoms with van der Waals surface area (Å²) < 4.78 is 18.6. The molecule has 9 heteroatoms. The summed E-state index contributed by atoms with van der Waals surface area (Å²) in [5.41, 5.74) is 1.77. The minimum Gasteiger partial charge on any atom is -0.497 e. The third-order valence-electron chi connectivity index (χ3n) is 4.57. The first-order chi connectivity index (χ1) is 15.3. The van der Waals surface area contributed by atoms with Gasteiger partial charge >= 0.3 is 0 Å². The highest BCUT2D eigenvalue weighted by Gasteiger charge is 2.17. The van der Waals surface area contributed by atoms with E-state index in [1.165, 1.54) is 0 Å². The van der Waals surface area contributed by atoms with E-state index in [2.05, 4.69) is 15.2 Å². The second-order valence-corrected chi connectivity index (χ2v) is 8.50. The molecule has 0 aliphatic rings. The molecule has 5 aromatic rings. The Morgan fingerprint density at radius 1 is 1.10 bits per heavy atom. The van der Waals surface area contributed by atoms with Crippen LogP contribution in [0, 0.1) is 0 Å². The smallest absolute Gasteiger partial charge is 0.236 e. The van der Waals surface area contributed by atoms with E-state index in [-0.39, 0.29) is 0 Å². The minimum atomic E-state index is 0.522. The Labute approximate surface area is 186 Å². The monoisotopic (exact) mass is 450 g/mol. The van der Waals surface area contributed by atoms with E-state index in [0.717, 1.165) is 38.6 Å². The summed E-state index contributed by atoms with van der Waals surface area (Å²) in [5, 5.41) is 11.7. The quantitative estimate of drug-likeness (QED) is 0.285. The van der Waals surface area contributed by atoms with Gasteiger partial charge in [-0.15, -0.1) is 21.5 Å². The summed E-state index contributed by atoms with van der Waals surface area (Å²) in [5.74, 6) is 3.59. The molecule has 4 heterocycles. The molecule has 0 unspecified atom stereocenters. The van der Waals surface area contributed by atoms with Crippen molar-refractivity contribution in [2.24, 2.45) is 0 Å². The molecular weight excluding hydrogens is 432 g/mol. The maximum Gasteiger partial charge on any atom is 0.236 e. The highest BCUT2D eigenvalue weighted by molar-refractivity contribution is 7.98. The van der Waals surface area contributed by atoms with Crippen LogP contribution in [-0.2, 0) is 12.3 Å². The van der Waals surface area contributed by atoms with Gasteiger partial charge in [-0.2, -0.15) is 0 Å². The van der Waals surface area contributed by atoms with Crippen molar-refractivity contribution in [1.29, 1.82) is 0 Å². The second-order valence-electron chi connectivity index (χ2n) is 6.61. The Balaban J connectivity index is 1.42. The van der Waals surface area contributed by atoms with Crippen LogP contribution in [0.4, 0.5) is 0 Å². The topological polar surface area (TPSA) is 79.1 Å². The number of hydrogen-bond donors (Lipinski definition) is 0. The number of ether oxygens (including phenoxy) is 1. The molecule has 0 amide bonds. The summed E-state index contributed by atoms with van der Waals surface area (Å²) in [7, 11) is 1.65. The van der Waals surface area contributed by atoms with E-state index in [1.807, 2.05) is 58.5 Å². The Hall–Kier alpha value is -3.30. The van der Waals surface area contributed by atoms with E-state index >= 15 is 0 Å². The van der Waals surface area contributed by atoms with Gasteiger partial charge in [-0.05, 0) is 35.7 Å². The highest BCUT2D eigenvalue weighted by atomic mass is 32.2. The highest BCUT2D eigenvalue weighted by Crippen LogP contribution is 2.30. The largest absolute Gasteiger partial charge is 0.497 e. The molecule has 156 valence electrons. The van der Waals surface area contributed by atoms with Crippen molar-refractivity contribution in [2.45, 2.75) is 17.5 Å². The van der Waals surface area contributed by atoms with E-state index in [9.17, 15) is 0 Å². The molecule has 0 spiro atoms. The van der Waals surface area contributed by atoms with Gasteiger partial charge in [-0.25, -0.2) is 4.98 Å². The van der Waals surface area contributed by atoms with E-state index in [1.54, 1.807) is 42.7 Å². The number of nitrogens with zero attached hydrogens (tertiary/aromatic N) is 4. The molecule has 4 aromatic heterocycles. The summed E-state index contributed by atoms with van der Waals surface area (Å²) in [6.45, 7) is 0.522. The predicted octanol–water partition coefficient (Wildman–Crippen LogP) is 5.60. The Kier molecular flexibility index (Phi) is 5.59. The molecule has 0 atom stereocenters. The first kappa shape index (κ1) is 19.7. The van der Waals surface area contributed by atoms with Crippen LogP contribution >= 0.6 is 23.1 Å². The normalized spacial score (nSPS) is 11.1. The predicted molar refractivity (Wildman–Crippen MR) is 119 cm³/mol. The average Bonchev–Trinajstić information content (AvgIpc) is 3.60. The van der Waals surface area contributed by atoms with Crippen LogP contribution in [0.15, 0.2) is 80.4 Å². The lowest BCUT2D eigenvalue weighted by Gasteiger charge is -2.09. The van der Waals surface area contributed by atoms with Crippen molar-refractivity contribution < 1.29 is 13.6 Å². The van der Waals surface area contributed by atoms with E-state index in [0.29, 0.717) is 18.2 Å². The van der Waals surface area contributed by atoms with Gasteiger partial charge in [0.15, 0.2) is 11.0 Å². The van der Waals surface area contributed by atoms with Crippen molar-refractivity contribution in [1.82, 2.24) is 19.7 Å². The standard InChI is InChI=1S/C22H18N4O3S2/c1-27-17-6-2-5-15(11-17)20-24-25-22(26(20)12-18-7-3-9-28-18)31-14-16-13-29-21(23-16)19-8-4-10-30-19/h2-11,13H,12,14H2,1H3. The van der Waals surface area contributed by atoms with Crippen LogP contribution in [0.3, 0.4) is 0 Å². The summed E-state index contributed by atoms with van der Waals surface area (Å²) in [6, 6.07) is 15.6. The van der Waals surface area contributed by atoms with E-state index < -0.39 is 0 Å². The number of rotatable bonds is 8. The molecule has 0 aliphatic carbocycles. The summed E-state index contributed by atoms with van der Waals surface area (Å²) in [4.78, 5) is 5.60. The molecule has 1 aromatic carbocycles. The molecule has 0 bridgehead atoms. The zero-order valence-electron chi connectivity index (χ0n) is 16.6. The van der Waals surface area contributed by atoms with Gasteiger partial charge < -0.3 is 13.6 Å². The number of aromatic nitrogens is 4. The van der Waals surface area contributed by atoms with Gasteiger partial charge in [-0.1, -0.05) is 30.0 Å². The number of furan rings is 1. The number of methoxy groups -OCH3 is 1. The lowest BCUT2D eigenvalue weighted by molar-refractivity contribution is 0.415. The van der Waals surface area contributed by atoms with Gasteiger partial charge in [0.25, 0.3) is 0 Å². The van der Waals surface area contributed by atoms with Gasteiger partial charge in [-0.3, -0.25) is 4.57 Å². The van der Waals surface area contributed by atoms with Crippen LogP contribution in [0.2, 0.25) is 0 Å². The molecule has 31 heavy (non-hydrogen) atoms. The fourth-order valence-electron chi connectivity index (χ4n) is 3.10. The van der Waals surface area contributed by atoms with Gasteiger partial charge in [0.1, 0.15) is 17.8 Å². The average molecular weight is 451 g/mol. The van der Waals surface area contributed by atoms with Gasteiger partial charge in [0.2, 0.25) is 5.89 Å². The Bertz CT molecular complexity index is 1260. The lowest BCUT2D eigenvalue weighted by Crippen LogP contribution is -2.03. The Morgan fingerprint density at radius 2 is 2.06 bits per heavy atom. The second kappa shape index (κ2) is 8.83. The van der Waals surface area contributed by atoms with Crippen LogP contribution in [0.1, 0.15) is 11.5 Å². The molecule has 0 radical (unpaired) electrons. The summed E-state index contributed by atoms with van der Waals surface area (Å²) >= 11 is 3.16. The third-order valence-corrected chi connectivity index (χ3v) is 6.43. The first-order valence-corrected chi connectivity index (χ1v) is 11.4. The number of hydrogen-bond acceptors (Lipinski definition) is 8. The van der Waals surface area contributed by atoms with Crippen molar-refractivity contribution in [3.8, 4) is 27.9 Å². The fraction of sp³-hybridized carbons (Fsp3) is 0.136. The minimum absolute atomic E-state index is 0.522. The van der Waals surface area contributed by atoms with E-state index in [4.69, 9.17) is 13.6 Å². The Morgan fingerprint density at radius 3 is 2.87 bits per heavy atom. The van der Waals surface area contributed by atoms with Crippen LogP contribution in [0.5, 0.6) is 5.75 Å². The van der Waals surface area contributed by atoms with Gasteiger partial charge in [0.05, 0.1) is 30.5 Å². The molecule has 7 nitrogen and oxygen atoms in total. The molecule has 0 aliphatic heterocycles. The van der Waals surface area contributed by atoms with Crippen molar-refractivity contribution >= 4 is 23.1 Å². The summed E-state index contributed by atoms with van der Waals surface area (Å²) in [6.07, 6.45) is 3.36. The molecule has 0 saturated heterocycles. The van der Waals surface area contributed by atoms with Crippen molar-refractivity contribution in [3.63, 3.8) is 0 Å². The molecular formula is C22H18N4O3S2.